The lowest BCUT2D eigenvalue weighted by Gasteiger charge is -2.18. The van der Waals surface area contributed by atoms with E-state index in [0.717, 1.165) is 13.0 Å². The van der Waals surface area contributed by atoms with Crippen LogP contribution in [0, 0.1) is 0 Å². The highest BCUT2D eigenvalue weighted by Gasteiger charge is 2.28. The molecule has 0 saturated heterocycles. The van der Waals surface area contributed by atoms with Crippen LogP contribution in [0.2, 0.25) is 5.82 Å². The summed E-state index contributed by atoms with van der Waals surface area (Å²) in [6.45, 7) is -1.91. The van der Waals surface area contributed by atoms with Crippen molar-refractivity contribution >= 4 is 12.9 Å². The monoisotopic (exact) mass is 209 g/mol. The molecular weight excluding hydrogens is 196 g/mol. The molecule has 0 amide bonds. The van der Waals surface area contributed by atoms with Crippen molar-refractivity contribution < 1.29 is 22.5 Å². The van der Waals surface area contributed by atoms with Crippen molar-refractivity contribution in [3.63, 3.8) is 0 Å². The number of hydrogen-bond donors (Lipinski definition) is 0. The molecule has 0 rings (SSSR count). The molecule has 2 nitrogen and oxygen atoms in total. The molecule has 6 heteroatoms. The van der Waals surface area contributed by atoms with E-state index in [-0.39, 0.29) is 13.0 Å². The minimum Gasteiger partial charge on any atom is -0.466 e. The minimum absolute atomic E-state index is 0.107. The van der Waals surface area contributed by atoms with Crippen molar-refractivity contribution in [3.05, 3.63) is 12.2 Å². The van der Waals surface area contributed by atoms with Crippen molar-refractivity contribution in [3.8, 4) is 0 Å². The molecule has 0 bridgehead atoms. The normalized spacial score (nSPS) is 14.4. The topological polar surface area (TPSA) is 26.3 Å². The molecule has 0 saturated carbocycles. The van der Waals surface area contributed by atoms with Crippen molar-refractivity contribution in [1.82, 2.24) is 0 Å². The predicted octanol–water partition coefficient (Wildman–Crippen LogP) is 2.73. The lowest BCUT2D eigenvalue weighted by Crippen LogP contribution is -2.20. The number of carbonyl (C=O) groups excluding carboxylic acids is 1. The number of esters is 1. The highest BCUT2D eigenvalue weighted by atomic mass is 19.4. The fraction of sp³-hybridized carbons (Fsp3) is 0.625. The minimum atomic E-state index is -4.85. The molecule has 0 N–H and O–H groups in total. The molecule has 0 aromatic rings. The van der Waals surface area contributed by atoms with Crippen LogP contribution >= 0.6 is 0 Å². The number of halogens is 3. The maximum Gasteiger partial charge on any atom is 0.484 e. The van der Waals surface area contributed by atoms with Crippen LogP contribution in [0.5, 0.6) is 0 Å². The van der Waals surface area contributed by atoms with Gasteiger partial charge in [0.15, 0.2) is 0 Å². The molecule has 0 aliphatic rings. The van der Waals surface area contributed by atoms with Crippen LogP contribution in [-0.2, 0) is 9.53 Å². The van der Waals surface area contributed by atoms with Crippen LogP contribution < -0.4 is 0 Å². The molecule has 0 unspecified atom stereocenters. The Morgan fingerprint density at radius 1 is 1.50 bits per heavy atom. The number of rotatable bonds is 5. The van der Waals surface area contributed by atoms with Gasteiger partial charge in [0.2, 0.25) is 0 Å². The second-order valence-corrected chi connectivity index (χ2v) is 2.92. The first-order chi connectivity index (χ1) is 6.38. The summed E-state index contributed by atoms with van der Waals surface area (Å²) in [5.41, 5.74) is 0. The van der Waals surface area contributed by atoms with Gasteiger partial charge in [0, 0.05) is 0 Å². The third kappa shape index (κ3) is 5.67. The van der Waals surface area contributed by atoms with Gasteiger partial charge in [-0.05, 0) is 6.92 Å². The van der Waals surface area contributed by atoms with Crippen LogP contribution in [0.1, 0.15) is 20.3 Å². The van der Waals surface area contributed by atoms with Gasteiger partial charge in [-0.2, -0.15) is 0 Å². The lowest BCUT2D eigenvalue weighted by atomic mass is 9.74. The number of ether oxygens (including phenoxy) is 1. The third-order valence-electron chi connectivity index (χ3n) is 1.63. The summed E-state index contributed by atoms with van der Waals surface area (Å²) in [5.74, 6) is -1.98. The van der Waals surface area contributed by atoms with E-state index in [2.05, 4.69) is 4.74 Å². The molecule has 0 fully saturated rings. The summed E-state index contributed by atoms with van der Waals surface area (Å²) in [7, 11) is 0. The van der Waals surface area contributed by atoms with Gasteiger partial charge in [-0.3, -0.25) is 4.79 Å². The Morgan fingerprint density at radius 3 is 2.50 bits per heavy atom. The van der Waals surface area contributed by atoms with E-state index in [1.807, 2.05) is 0 Å². The molecule has 14 heavy (non-hydrogen) atoms. The zero-order valence-corrected chi connectivity index (χ0v) is 8.17. The first kappa shape index (κ1) is 13.1. The van der Waals surface area contributed by atoms with Gasteiger partial charge in [0.1, 0.15) is 0 Å². The Bertz CT molecular complexity index is 213. The van der Waals surface area contributed by atoms with Gasteiger partial charge >= 0.3 is 12.9 Å². The molecule has 0 aliphatic carbocycles. The summed E-state index contributed by atoms with van der Waals surface area (Å²) >= 11 is 0. The number of hydrogen-bond acceptors (Lipinski definition) is 2. The molecule has 0 aliphatic heterocycles. The van der Waals surface area contributed by atoms with Gasteiger partial charge in [0.05, 0.1) is 13.0 Å². The molecule has 0 spiro atoms. The Labute approximate surface area is 81.2 Å². The summed E-state index contributed by atoms with van der Waals surface area (Å²) in [6, 6.07) is 0. The van der Waals surface area contributed by atoms with Crippen LogP contribution in [0.15, 0.2) is 12.2 Å². The molecule has 82 valence electrons. The Balaban J connectivity index is 3.89. The van der Waals surface area contributed by atoms with E-state index in [4.69, 9.17) is 0 Å². The van der Waals surface area contributed by atoms with Gasteiger partial charge in [0.25, 0.3) is 0 Å². The molecule has 0 heterocycles. The smallest absolute Gasteiger partial charge is 0.466 e. The van der Waals surface area contributed by atoms with Gasteiger partial charge < -0.3 is 17.7 Å². The zero-order valence-electron chi connectivity index (χ0n) is 8.17. The summed E-state index contributed by atoms with van der Waals surface area (Å²) in [6.07, 6.45) is 2.07. The SMILES string of the molecule is CCOC(=O)C/C=C/[C@@H](C)[B-](F)(F)F. The van der Waals surface area contributed by atoms with Crippen LogP contribution in [-0.4, -0.2) is 19.6 Å². The largest absolute Gasteiger partial charge is 0.484 e. The van der Waals surface area contributed by atoms with Crippen LogP contribution in [0.25, 0.3) is 0 Å². The van der Waals surface area contributed by atoms with Gasteiger partial charge in [-0.1, -0.05) is 18.8 Å². The standard InChI is InChI=1S/C8H13BF3O2/c1-3-14-8(13)6-4-5-7(2)9(10,11)12/h4-5,7H,3,6H2,1-2H3/q-1/b5-4+/t7-/m1/s1. The average molecular weight is 209 g/mol. The average Bonchev–Trinajstić information content (AvgIpc) is 2.02. The van der Waals surface area contributed by atoms with Gasteiger partial charge in [-0.25, -0.2) is 0 Å². The van der Waals surface area contributed by atoms with Crippen LogP contribution in [0.4, 0.5) is 12.9 Å². The summed E-state index contributed by atoms with van der Waals surface area (Å²) in [4.78, 5) is 10.7. The van der Waals surface area contributed by atoms with Crippen molar-refractivity contribution in [1.29, 1.82) is 0 Å². The first-order valence-electron chi connectivity index (χ1n) is 4.40. The summed E-state index contributed by atoms with van der Waals surface area (Å²) in [5, 5.41) is 0. The van der Waals surface area contributed by atoms with Crippen molar-refractivity contribution in [2.75, 3.05) is 6.61 Å². The Hall–Kier alpha value is -0.935. The van der Waals surface area contributed by atoms with Crippen LogP contribution in [0.3, 0.4) is 0 Å². The maximum absolute atomic E-state index is 12.0. The van der Waals surface area contributed by atoms with E-state index in [0.29, 0.717) is 0 Å². The molecule has 0 aromatic carbocycles. The van der Waals surface area contributed by atoms with E-state index < -0.39 is 18.8 Å². The molecular formula is C8H13BF3O2-. The highest BCUT2D eigenvalue weighted by Crippen LogP contribution is 2.26. The van der Waals surface area contributed by atoms with E-state index >= 15 is 0 Å². The van der Waals surface area contributed by atoms with E-state index in [9.17, 15) is 17.7 Å². The third-order valence-corrected chi connectivity index (χ3v) is 1.63. The Morgan fingerprint density at radius 2 is 2.07 bits per heavy atom. The zero-order chi connectivity index (χ0) is 11.2. The Kier molecular flexibility index (Phi) is 5.34. The quantitative estimate of drug-likeness (QED) is 0.395. The van der Waals surface area contributed by atoms with E-state index in [1.54, 1.807) is 6.92 Å². The van der Waals surface area contributed by atoms with Crippen molar-refractivity contribution in [2.45, 2.75) is 26.1 Å². The number of allylic oxidation sites excluding steroid dienone is 1. The fourth-order valence-electron chi connectivity index (χ4n) is 0.725. The maximum atomic E-state index is 12.0. The first-order valence-corrected chi connectivity index (χ1v) is 4.40. The lowest BCUT2D eigenvalue weighted by molar-refractivity contribution is -0.142. The molecule has 0 radical (unpaired) electrons. The highest BCUT2D eigenvalue weighted by molar-refractivity contribution is 6.60. The van der Waals surface area contributed by atoms with E-state index in [1.165, 1.54) is 6.08 Å². The van der Waals surface area contributed by atoms with Crippen molar-refractivity contribution in [2.24, 2.45) is 0 Å². The second-order valence-electron chi connectivity index (χ2n) is 2.92. The molecule has 0 aromatic heterocycles. The summed E-state index contributed by atoms with van der Waals surface area (Å²) < 4.78 is 40.6. The second kappa shape index (κ2) is 5.72. The predicted molar refractivity (Wildman–Crippen MR) is 48.9 cm³/mol. The fourth-order valence-corrected chi connectivity index (χ4v) is 0.725. The number of carbonyl (C=O) groups is 1. The molecule has 1 atom stereocenters. The van der Waals surface area contributed by atoms with Gasteiger partial charge in [-0.15, -0.1) is 6.08 Å².